The van der Waals surface area contributed by atoms with Crippen LogP contribution in [0.2, 0.25) is 0 Å². The molecule has 6 heteroatoms. The van der Waals surface area contributed by atoms with E-state index in [-0.39, 0.29) is 12.2 Å². The molecule has 0 saturated heterocycles. The van der Waals surface area contributed by atoms with E-state index in [9.17, 15) is 13.6 Å². The Labute approximate surface area is 97.3 Å². The minimum Gasteiger partial charge on any atom is -0.468 e. The predicted molar refractivity (Wildman–Crippen MR) is 56.8 cm³/mol. The van der Waals surface area contributed by atoms with E-state index >= 15 is 0 Å². The van der Waals surface area contributed by atoms with Gasteiger partial charge in [-0.2, -0.15) is 8.78 Å². The Morgan fingerprint density at radius 3 is 2.65 bits per heavy atom. The van der Waals surface area contributed by atoms with E-state index in [0.717, 1.165) is 0 Å². The third-order valence-electron chi connectivity index (χ3n) is 2.13. The fraction of sp³-hybridized carbons (Fsp3) is 0.364. The number of alkyl halides is 2. The normalized spacial score (nSPS) is 12.3. The Kier molecular flexibility index (Phi) is 4.84. The molecule has 0 amide bonds. The molecule has 94 valence electrons. The van der Waals surface area contributed by atoms with Crippen LogP contribution in [-0.4, -0.2) is 25.7 Å². The lowest BCUT2D eigenvalue weighted by molar-refractivity contribution is -0.142. The van der Waals surface area contributed by atoms with Gasteiger partial charge in [-0.25, -0.2) is 0 Å². The molecule has 0 saturated carbocycles. The highest BCUT2D eigenvalue weighted by Gasteiger charge is 2.17. The fourth-order valence-electron chi connectivity index (χ4n) is 1.36. The molecule has 0 aromatic heterocycles. The van der Waals surface area contributed by atoms with Gasteiger partial charge in [0.25, 0.3) is 0 Å². The number of nitrogens with two attached hydrogens (primary N) is 1. The van der Waals surface area contributed by atoms with Gasteiger partial charge < -0.3 is 15.2 Å². The van der Waals surface area contributed by atoms with Crippen molar-refractivity contribution in [1.29, 1.82) is 0 Å². The van der Waals surface area contributed by atoms with Crippen molar-refractivity contribution in [3.8, 4) is 5.75 Å². The van der Waals surface area contributed by atoms with Gasteiger partial charge in [0.2, 0.25) is 0 Å². The standard InChI is InChI=1S/C11H13F2NO3/c1-16-10(15)8(14)6-7-4-2-3-5-9(7)17-11(12)13/h2-5,8,11H,6,14H2,1H3/t8-/m1/s1. The number of rotatable bonds is 5. The predicted octanol–water partition coefficient (Wildman–Crippen LogP) is 1.33. The molecule has 0 aliphatic heterocycles. The lowest BCUT2D eigenvalue weighted by Gasteiger charge is -2.13. The van der Waals surface area contributed by atoms with Gasteiger partial charge in [0.1, 0.15) is 11.8 Å². The first-order chi connectivity index (χ1) is 8.04. The lowest BCUT2D eigenvalue weighted by Crippen LogP contribution is -2.33. The van der Waals surface area contributed by atoms with Gasteiger partial charge in [0.15, 0.2) is 0 Å². The zero-order valence-electron chi connectivity index (χ0n) is 9.23. The van der Waals surface area contributed by atoms with E-state index in [4.69, 9.17) is 5.73 Å². The molecule has 1 atom stereocenters. The molecule has 1 aromatic rings. The van der Waals surface area contributed by atoms with Crippen molar-refractivity contribution in [3.63, 3.8) is 0 Å². The summed E-state index contributed by atoms with van der Waals surface area (Å²) in [5.41, 5.74) is 5.98. The summed E-state index contributed by atoms with van der Waals surface area (Å²) in [7, 11) is 1.21. The molecule has 1 rings (SSSR count). The molecule has 0 aliphatic carbocycles. The van der Waals surface area contributed by atoms with Crippen LogP contribution in [0.15, 0.2) is 24.3 Å². The number of esters is 1. The van der Waals surface area contributed by atoms with Crippen LogP contribution in [0.25, 0.3) is 0 Å². The highest BCUT2D eigenvalue weighted by Crippen LogP contribution is 2.21. The van der Waals surface area contributed by atoms with Crippen LogP contribution in [0.3, 0.4) is 0 Å². The maximum absolute atomic E-state index is 12.1. The van der Waals surface area contributed by atoms with Crippen LogP contribution in [0.5, 0.6) is 5.75 Å². The van der Waals surface area contributed by atoms with Gasteiger partial charge >= 0.3 is 12.6 Å². The van der Waals surface area contributed by atoms with Crippen LogP contribution in [-0.2, 0) is 16.0 Å². The first-order valence-electron chi connectivity index (χ1n) is 4.90. The average molecular weight is 245 g/mol. The number of carbonyl (C=O) groups excluding carboxylic acids is 1. The number of halogens is 2. The maximum Gasteiger partial charge on any atom is 0.387 e. The van der Waals surface area contributed by atoms with Gasteiger partial charge in [-0.1, -0.05) is 18.2 Å². The Morgan fingerprint density at radius 1 is 1.41 bits per heavy atom. The fourth-order valence-corrected chi connectivity index (χ4v) is 1.36. The van der Waals surface area contributed by atoms with Crippen LogP contribution < -0.4 is 10.5 Å². The largest absolute Gasteiger partial charge is 0.468 e. The number of carbonyl (C=O) groups is 1. The molecule has 17 heavy (non-hydrogen) atoms. The molecule has 0 fully saturated rings. The summed E-state index contributed by atoms with van der Waals surface area (Å²) in [4.78, 5) is 11.1. The van der Waals surface area contributed by atoms with Crippen LogP contribution in [0.1, 0.15) is 5.56 Å². The molecular formula is C11H13F2NO3. The molecule has 0 bridgehead atoms. The summed E-state index contributed by atoms with van der Waals surface area (Å²) in [5, 5.41) is 0. The Hall–Kier alpha value is -1.69. The minimum absolute atomic E-state index is 0.0156. The van der Waals surface area contributed by atoms with Gasteiger partial charge in [0.05, 0.1) is 7.11 Å². The zero-order valence-corrected chi connectivity index (χ0v) is 9.23. The first-order valence-corrected chi connectivity index (χ1v) is 4.90. The monoisotopic (exact) mass is 245 g/mol. The summed E-state index contributed by atoms with van der Waals surface area (Å²) in [6.45, 7) is -2.91. The first kappa shape index (κ1) is 13.4. The van der Waals surface area contributed by atoms with Crippen LogP contribution in [0, 0.1) is 0 Å². The molecular weight excluding hydrogens is 232 g/mol. The second kappa shape index (κ2) is 6.15. The van der Waals surface area contributed by atoms with E-state index in [1.54, 1.807) is 18.2 Å². The number of para-hydroxylation sites is 1. The third kappa shape index (κ3) is 3.99. The number of benzene rings is 1. The van der Waals surface area contributed by atoms with Crippen molar-refractivity contribution >= 4 is 5.97 Å². The topological polar surface area (TPSA) is 61.5 Å². The maximum atomic E-state index is 12.1. The zero-order chi connectivity index (χ0) is 12.8. The van der Waals surface area contributed by atoms with Gasteiger partial charge in [-0.15, -0.1) is 0 Å². The molecule has 4 nitrogen and oxygen atoms in total. The van der Waals surface area contributed by atoms with Crippen molar-refractivity contribution in [2.24, 2.45) is 5.73 Å². The molecule has 0 aliphatic rings. The van der Waals surface area contributed by atoms with E-state index < -0.39 is 18.6 Å². The number of methoxy groups -OCH3 is 1. The Morgan fingerprint density at radius 2 is 2.06 bits per heavy atom. The lowest BCUT2D eigenvalue weighted by atomic mass is 10.1. The summed E-state index contributed by atoms with van der Waals surface area (Å²) < 4.78 is 33.0. The quantitative estimate of drug-likeness (QED) is 0.795. The molecule has 2 N–H and O–H groups in total. The third-order valence-corrected chi connectivity index (χ3v) is 2.13. The highest BCUT2D eigenvalue weighted by atomic mass is 19.3. The highest BCUT2D eigenvalue weighted by molar-refractivity contribution is 5.75. The minimum atomic E-state index is -2.91. The summed E-state index contributed by atoms with van der Waals surface area (Å²) >= 11 is 0. The van der Waals surface area contributed by atoms with Crippen molar-refractivity contribution < 1.29 is 23.0 Å². The van der Waals surface area contributed by atoms with Crippen molar-refractivity contribution in [2.45, 2.75) is 19.1 Å². The van der Waals surface area contributed by atoms with E-state index in [2.05, 4.69) is 9.47 Å². The average Bonchev–Trinajstić information content (AvgIpc) is 2.29. The number of ether oxygens (including phenoxy) is 2. The van der Waals surface area contributed by atoms with E-state index in [1.165, 1.54) is 13.2 Å². The molecule has 0 unspecified atom stereocenters. The van der Waals surface area contributed by atoms with E-state index in [0.29, 0.717) is 5.56 Å². The van der Waals surface area contributed by atoms with Crippen LogP contribution >= 0.6 is 0 Å². The summed E-state index contributed by atoms with van der Waals surface area (Å²) in [6.07, 6.45) is 0.0789. The van der Waals surface area contributed by atoms with E-state index in [1.807, 2.05) is 0 Å². The molecule has 0 heterocycles. The molecule has 0 radical (unpaired) electrons. The van der Waals surface area contributed by atoms with Gasteiger partial charge in [-0.05, 0) is 11.6 Å². The van der Waals surface area contributed by atoms with Crippen molar-refractivity contribution in [2.75, 3.05) is 7.11 Å². The molecule has 1 aromatic carbocycles. The van der Waals surface area contributed by atoms with Crippen LogP contribution in [0.4, 0.5) is 8.78 Å². The summed E-state index contributed by atoms with van der Waals surface area (Å²) in [5.74, 6) is -0.585. The number of hydrogen-bond donors (Lipinski definition) is 1. The second-order valence-corrected chi connectivity index (χ2v) is 3.32. The second-order valence-electron chi connectivity index (χ2n) is 3.32. The Balaban J connectivity index is 2.79. The smallest absolute Gasteiger partial charge is 0.387 e. The SMILES string of the molecule is COC(=O)[C@H](N)Cc1ccccc1OC(F)F. The van der Waals surface area contributed by atoms with Gasteiger partial charge in [0, 0.05) is 6.42 Å². The Bertz CT molecular complexity index is 385. The number of hydrogen-bond acceptors (Lipinski definition) is 4. The summed E-state index contributed by atoms with van der Waals surface area (Å²) in [6, 6.07) is 5.27. The van der Waals surface area contributed by atoms with Crippen molar-refractivity contribution in [3.05, 3.63) is 29.8 Å². The van der Waals surface area contributed by atoms with Gasteiger partial charge in [-0.3, -0.25) is 4.79 Å². The molecule has 0 spiro atoms. The van der Waals surface area contributed by atoms with Crippen molar-refractivity contribution in [1.82, 2.24) is 0 Å².